The molecule has 0 radical (unpaired) electrons. The van der Waals surface area contributed by atoms with E-state index >= 15 is 0 Å². The summed E-state index contributed by atoms with van der Waals surface area (Å²) < 4.78 is 36.0. The molecule has 1 rings (SSSR count). The Kier molecular flexibility index (Phi) is 3.47. The second-order valence-electron chi connectivity index (χ2n) is 2.23. The number of nitrogens with zero attached hydrogens (tertiary/aromatic N) is 2. The summed E-state index contributed by atoms with van der Waals surface area (Å²) in [5, 5.41) is 0.452. The van der Waals surface area contributed by atoms with Crippen molar-refractivity contribution in [3.63, 3.8) is 0 Å². The molecular weight excluding hydrogens is 261 g/mol. The summed E-state index contributed by atoms with van der Waals surface area (Å²) in [6, 6.07) is 0. The highest BCUT2D eigenvalue weighted by molar-refractivity contribution is 9.09. The van der Waals surface area contributed by atoms with Crippen LogP contribution in [-0.2, 0) is 6.18 Å². The summed E-state index contributed by atoms with van der Waals surface area (Å²) in [5.74, 6) is 4.06. The van der Waals surface area contributed by atoms with Gasteiger partial charge in [0.2, 0.25) is 5.82 Å². The maximum absolute atomic E-state index is 12.0. The molecule has 0 aliphatic heterocycles. The molecule has 0 aliphatic rings. The first kappa shape index (κ1) is 11.0. The van der Waals surface area contributed by atoms with Crippen LogP contribution in [0.4, 0.5) is 13.2 Å². The van der Waals surface area contributed by atoms with E-state index in [1.54, 1.807) is 0 Å². The van der Waals surface area contributed by atoms with E-state index in [1.807, 2.05) is 0 Å². The Hall–Kier alpha value is -1.09. The number of aromatic nitrogens is 2. The molecule has 0 unspecified atom stereocenters. The molecule has 1 aromatic rings. The molecule has 0 N–H and O–H groups in total. The molecule has 6 heteroatoms. The van der Waals surface area contributed by atoms with Crippen LogP contribution in [0.15, 0.2) is 12.4 Å². The fourth-order valence-electron chi connectivity index (χ4n) is 0.674. The van der Waals surface area contributed by atoms with Crippen molar-refractivity contribution < 1.29 is 13.2 Å². The van der Waals surface area contributed by atoms with Crippen LogP contribution in [-0.4, -0.2) is 15.3 Å². The van der Waals surface area contributed by atoms with Gasteiger partial charge in [0.15, 0.2) is 0 Å². The fraction of sp³-hybridized carbons (Fsp3) is 0.250. The Morgan fingerprint density at radius 1 is 1.29 bits per heavy atom. The zero-order valence-corrected chi connectivity index (χ0v) is 8.35. The van der Waals surface area contributed by atoms with Crippen LogP contribution in [0.25, 0.3) is 0 Å². The molecule has 0 saturated heterocycles. The van der Waals surface area contributed by atoms with Gasteiger partial charge in [-0.2, -0.15) is 13.2 Å². The van der Waals surface area contributed by atoms with E-state index in [1.165, 1.54) is 0 Å². The lowest BCUT2D eigenvalue weighted by molar-refractivity contribution is -0.145. The highest BCUT2D eigenvalue weighted by Gasteiger charge is 2.34. The van der Waals surface area contributed by atoms with Crippen molar-refractivity contribution in [3.8, 4) is 11.8 Å². The zero-order chi connectivity index (χ0) is 10.6. The SMILES string of the molecule is FC(F)(F)c1ncc(C#CCBr)cn1. The van der Waals surface area contributed by atoms with Gasteiger partial charge in [0.1, 0.15) is 0 Å². The lowest BCUT2D eigenvalue weighted by Gasteiger charge is -2.02. The Labute approximate surface area is 86.7 Å². The molecule has 0 fully saturated rings. The molecule has 14 heavy (non-hydrogen) atoms. The van der Waals surface area contributed by atoms with Gasteiger partial charge < -0.3 is 0 Å². The molecule has 74 valence electrons. The molecule has 1 aromatic heterocycles. The number of halogens is 4. The van der Waals surface area contributed by atoms with Crippen molar-refractivity contribution in [3.05, 3.63) is 23.8 Å². The van der Waals surface area contributed by atoms with Crippen molar-refractivity contribution >= 4 is 15.9 Å². The second kappa shape index (κ2) is 4.42. The van der Waals surface area contributed by atoms with Gasteiger partial charge in [-0.1, -0.05) is 27.8 Å². The lowest BCUT2D eigenvalue weighted by Crippen LogP contribution is -2.10. The summed E-state index contributed by atoms with van der Waals surface area (Å²) in [6.45, 7) is 0. The quantitative estimate of drug-likeness (QED) is 0.531. The Balaban J connectivity index is 2.89. The highest BCUT2D eigenvalue weighted by atomic mass is 79.9. The van der Waals surface area contributed by atoms with Gasteiger partial charge >= 0.3 is 6.18 Å². The molecule has 2 nitrogen and oxygen atoms in total. The Bertz CT molecular complexity index is 361. The number of hydrogen-bond acceptors (Lipinski definition) is 2. The van der Waals surface area contributed by atoms with Crippen molar-refractivity contribution in [1.29, 1.82) is 0 Å². The molecule has 0 saturated carbocycles. The number of rotatable bonds is 0. The maximum atomic E-state index is 12.0. The average Bonchev–Trinajstić information content (AvgIpc) is 2.14. The van der Waals surface area contributed by atoms with E-state index < -0.39 is 12.0 Å². The predicted molar refractivity (Wildman–Crippen MR) is 47.7 cm³/mol. The molecule has 0 atom stereocenters. The van der Waals surface area contributed by atoms with Crippen LogP contribution in [0.3, 0.4) is 0 Å². The third-order valence-electron chi connectivity index (χ3n) is 1.20. The minimum absolute atomic E-state index is 0.359. The second-order valence-corrected chi connectivity index (χ2v) is 2.79. The zero-order valence-electron chi connectivity index (χ0n) is 6.77. The van der Waals surface area contributed by atoms with E-state index in [0.717, 1.165) is 12.4 Å². The first-order valence-electron chi connectivity index (χ1n) is 3.48. The van der Waals surface area contributed by atoms with Crippen LogP contribution in [0.2, 0.25) is 0 Å². The van der Waals surface area contributed by atoms with Gasteiger partial charge in [-0.25, -0.2) is 9.97 Å². The average molecular weight is 265 g/mol. The van der Waals surface area contributed by atoms with E-state index in [9.17, 15) is 13.2 Å². The maximum Gasteiger partial charge on any atom is 0.451 e. The molecule has 0 aromatic carbocycles. The van der Waals surface area contributed by atoms with Gasteiger partial charge in [0.25, 0.3) is 0 Å². The van der Waals surface area contributed by atoms with E-state index in [0.29, 0.717) is 10.9 Å². The Morgan fingerprint density at radius 2 is 1.86 bits per heavy atom. The molecule has 0 bridgehead atoms. The van der Waals surface area contributed by atoms with Crippen molar-refractivity contribution in [2.45, 2.75) is 6.18 Å². The summed E-state index contributed by atoms with van der Waals surface area (Å²) in [4.78, 5) is 6.30. The minimum atomic E-state index is -4.50. The van der Waals surface area contributed by atoms with E-state index in [-0.39, 0.29) is 0 Å². The van der Waals surface area contributed by atoms with Crippen LogP contribution in [0.5, 0.6) is 0 Å². The van der Waals surface area contributed by atoms with Crippen molar-refractivity contribution in [2.75, 3.05) is 5.33 Å². The number of alkyl halides is 4. The van der Waals surface area contributed by atoms with E-state index in [4.69, 9.17) is 0 Å². The molecule has 1 heterocycles. The van der Waals surface area contributed by atoms with Gasteiger partial charge in [0, 0.05) is 12.4 Å². The number of hydrogen-bond donors (Lipinski definition) is 0. The normalized spacial score (nSPS) is 10.6. The van der Waals surface area contributed by atoms with Gasteiger partial charge in [-0.05, 0) is 0 Å². The van der Waals surface area contributed by atoms with Gasteiger partial charge in [0.05, 0.1) is 10.9 Å². The standard InChI is InChI=1S/C8H4BrF3N2/c9-3-1-2-6-4-13-7(14-5-6)8(10,11)12/h4-5H,3H2. The minimum Gasteiger partial charge on any atom is -0.232 e. The molecule has 0 spiro atoms. The van der Waals surface area contributed by atoms with Crippen molar-refractivity contribution in [2.24, 2.45) is 0 Å². The summed E-state index contributed by atoms with van der Waals surface area (Å²) in [7, 11) is 0. The highest BCUT2D eigenvalue weighted by Crippen LogP contribution is 2.25. The predicted octanol–water partition coefficient (Wildman–Crippen LogP) is 2.24. The topological polar surface area (TPSA) is 25.8 Å². The summed E-state index contributed by atoms with van der Waals surface area (Å²) in [5.41, 5.74) is 0.359. The van der Waals surface area contributed by atoms with E-state index in [2.05, 4.69) is 37.7 Å². The van der Waals surface area contributed by atoms with Gasteiger partial charge in [-0.15, -0.1) is 0 Å². The monoisotopic (exact) mass is 264 g/mol. The first-order chi connectivity index (χ1) is 6.54. The summed E-state index contributed by atoms with van der Waals surface area (Å²) >= 11 is 3.06. The fourth-order valence-corrected chi connectivity index (χ4v) is 0.815. The van der Waals surface area contributed by atoms with Crippen LogP contribution in [0.1, 0.15) is 11.4 Å². The molecular formula is C8H4BrF3N2. The largest absolute Gasteiger partial charge is 0.451 e. The lowest BCUT2D eigenvalue weighted by atomic mass is 10.3. The third-order valence-corrected chi connectivity index (χ3v) is 1.49. The summed E-state index contributed by atoms with van der Waals surface area (Å²) in [6.07, 6.45) is -2.40. The van der Waals surface area contributed by atoms with Gasteiger partial charge in [-0.3, -0.25) is 0 Å². The molecule has 0 amide bonds. The molecule has 0 aliphatic carbocycles. The smallest absolute Gasteiger partial charge is 0.232 e. The van der Waals surface area contributed by atoms with Crippen LogP contribution >= 0.6 is 15.9 Å². The van der Waals surface area contributed by atoms with Crippen LogP contribution in [0, 0.1) is 11.8 Å². The third kappa shape index (κ3) is 3.00. The Morgan fingerprint density at radius 3 is 2.29 bits per heavy atom. The first-order valence-corrected chi connectivity index (χ1v) is 4.60. The van der Waals surface area contributed by atoms with Crippen LogP contribution < -0.4 is 0 Å². The van der Waals surface area contributed by atoms with Crippen molar-refractivity contribution in [1.82, 2.24) is 9.97 Å².